The number of amides is 1. The summed E-state index contributed by atoms with van der Waals surface area (Å²) in [6.45, 7) is 2.77. The maximum absolute atomic E-state index is 11.5. The van der Waals surface area contributed by atoms with Gasteiger partial charge in [-0.25, -0.2) is 0 Å². The third-order valence-corrected chi connectivity index (χ3v) is 2.45. The molecule has 1 aromatic heterocycles. The predicted molar refractivity (Wildman–Crippen MR) is 50.6 cm³/mol. The van der Waals surface area contributed by atoms with Crippen LogP contribution in [0.5, 0.6) is 0 Å². The Morgan fingerprint density at radius 3 is 2.92 bits per heavy atom. The van der Waals surface area contributed by atoms with Gasteiger partial charge in [0, 0.05) is 18.9 Å². The van der Waals surface area contributed by atoms with Crippen molar-refractivity contribution in [2.24, 2.45) is 5.92 Å². The lowest BCUT2D eigenvalue weighted by Crippen LogP contribution is -2.25. The van der Waals surface area contributed by atoms with Gasteiger partial charge in [0.25, 0.3) is 5.91 Å². The summed E-state index contributed by atoms with van der Waals surface area (Å²) in [5.74, 6) is 0.786. The largest absolute Gasteiger partial charge is 0.367 e. The number of carbonyl (C=O) groups is 1. The van der Waals surface area contributed by atoms with Crippen LogP contribution in [0.25, 0.3) is 0 Å². The number of aromatic amines is 1. The van der Waals surface area contributed by atoms with Crippen molar-refractivity contribution in [1.82, 2.24) is 10.3 Å². The molecule has 3 nitrogen and oxygen atoms in total. The molecule has 1 aliphatic carbocycles. The smallest absolute Gasteiger partial charge is 0.253 e. The Balaban J connectivity index is 1.92. The summed E-state index contributed by atoms with van der Waals surface area (Å²) in [5.41, 5.74) is 1.77. The molecular formula is C10H14N2O. The third kappa shape index (κ3) is 1.91. The summed E-state index contributed by atoms with van der Waals surface area (Å²) < 4.78 is 0. The fourth-order valence-corrected chi connectivity index (χ4v) is 1.34. The lowest BCUT2D eigenvalue weighted by Gasteiger charge is -2.02. The second-order valence-electron chi connectivity index (χ2n) is 3.71. The number of nitrogens with one attached hydrogen (secondary N) is 2. The van der Waals surface area contributed by atoms with E-state index in [-0.39, 0.29) is 5.91 Å². The average Bonchev–Trinajstić information content (AvgIpc) is 2.84. The molecule has 0 aliphatic heterocycles. The Labute approximate surface area is 77.5 Å². The van der Waals surface area contributed by atoms with Gasteiger partial charge in [-0.1, -0.05) is 0 Å². The van der Waals surface area contributed by atoms with Gasteiger partial charge in [0.2, 0.25) is 0 Å². The van der Waals surface area contributed by atoms with E-state index in [2.05, 4.69) is 10.3 Å². The number of aryl methyl sites for hydroxylation is 1. The zero-order valence-corrected chi connectivity index (χ0v) is 7.76. The molecule has 13 heavy (non-hydrogen) atoms. The Hall–Kier alpha value is -1.25. The molecule has 1 aliphatic rings. The highest BCUT2D eigenvalue weighted by atomic mass is 16.1. The summed E-state index contributed by atoms with van der Waals surface area (Å²) >= 11 is 0. The molecule has 1 aromatic rings. The first kappa shape index (κ1) is 8.35. The summed E-state index contributed by atoms with van der Waals surface area (Å²) in [7, 11) is 0. The normalized spacial score (nSPS) is 15.8. The van der Waals surface area contributed by atoms with E-state index >= 15 is 0 Å². The van der Waals surface area contributed by atoms with Crippen LogP contribution < -0.4 is 5.32 Å². The summed E-state index contributed by atoms with van der Waals surface area (Å²) in [4.78, 5) is 14.4. The molecule has 1 fully saturated rings. The van der Waals surface area contributed by atoms with Gasteiger partial charge in [0.05, 0.1) is 5.56 Å². The molecule has 0 aromatic carbocycles. The van der Waals surface area contributed by atoms with Crippen LogP contribution >= 0.6 is 0 Å². The zero-order valence-electron chi connectivity index (χ0n) is 7.76. The number of hydrogen-bond donors (Lipinski definition) is 2. The molecule has 1 amide bonds. The first-order chi connectivity index (χ1) is 6.27. The SMILES string of the molecule is Cc1c[nH]cc1C(=O)NCC1CC1. The second-order valence-corrected chi connectivity index (χ2v) is 3.71. The number of carbonyl (C=O) groups excluding carboxylic acids is 1. The maximum Gasteiger partial charge on any atom is 0.253 e. The average molecular weight is 178 g/mol. The van der Waals surface area contributed by atoms with Gasteiger partial charge in [-0.15, -0.1) is 0 Å². The Kier molecular flexibility index (Phi) is 2.08. The van der Waals surface area contributed by atoms with Crippen molar-refractivity contribution in [1.29, 1.82) is 0 Å². The van der Waals surface area contributed by atoms with E-state index in [1.54, 1.807) is 6.20 Å². The van der Waals surface area contributed by atoms with Crippen LogP contribution in [0.15, 0.2) is 12.4 Å². The van der Waals surface area contributed by atoms with Crippen LogP contribution in [0.2, 0.25) is 0 Å². The fourth-order valence-electron chi connectivity index (χ4n) is 1.34. The summed E-state index contributed by atoms with van der Waals surface area (Å²) in [6, 6.07) is 0. The summed E-state index contributed by atoms with van der Waals surface area (Å²) in [6.07, 6.45) is 6.13. The fraction of sp³-hybridized carbons (Fsp3) is 0.500. The van der Waals surface area contributed by atoms with E-state index in [9.17, 15) is 4.79 Å². The van der Waals surface area contributed by atoms with Crippen molar-refractivity contribution in [3.05, 3.63) is 23.5 Å². The van der Waals surface area contributed by atoms with E-state index in [0.29, 0.717) is 0 Å². The molecule has 1 saturated carbocycles. The van der Waals surface area contributed by atoms with Crippen LogP contribution in [-0.2, 0) is 0 Å². The van der Waals surface area contributed by atoms with Crippen molar-refractivity contribution in [3.63, 3.8) is 0 Å². The first-order valence-electron chi connectivity index (χ1n) is 4.69. The first-order valence-corrected chi connectivity index (χ1v) is 4.69. The maximum atomic E-state index is 11.5. The number of rotatable bonds is 3. The summed E-state index contributed by atoms with van der Waals surface area (Å²) in [5, 5.41) is 2.93. The molecule has 0 atom stereocenters. The van der Waals surface area contributed by atoms with Crippen molar-refractivity contribution in [2.75, 3.05) is 6.54 Å². The zero-order chi connectivity index (χ0) is 9.26. The minimum absolute atomic E-state index is 0.0469. The molecule has 0 unspecified atom stereocenters. The van der Waals surface area contributed by atoms with E-state index in [1.807, 2.05) is 13.1 Å². The van der Waals surface area contributed by atoms with Gasteiger partial charge in [0.1, 0.15) is 0 Å². The standard InChI is InChI=1S/C10H14N2O/c1-7-4-11-6-9(7)10(13)12-5-8-2-3-8/h4,6,8,11H,2-3,5H2,1H3,(H,12,13). The minimum Gasteiger partial charge on any atom is -0.367 e. The molecule has 0 spiro atoms. The second kappa shape index (κ2) is 3.24. The highest BCUT2D eigenvalue weighted by molar-refractivity contribution is 5.95. The van der Waals surface area contributed by atoms with Crippen LogP contribution in [0.3, 0.4) is 0 Å². The van der Waals surface area contributed by atoms with Gasteiger partial charge >= 0.3 is 0 Å². The lowest BCUT2D eigenvalue weighted by molar-refractivity contribution is 0.0951. The number of aromatic nitrogens is 1. The minimum atomic E-state index is 0.0469. The molecule has 70 valence electrons. The van der Waals surface area contributed by atoms with Crippen LogP contribution in [0.1, 0.15) is 28.8 Å². The van der Waals surface area contributed by atoms with Crippen LogP contribution in [0, 0.1) is 12.8 Å². The molecule has 2 rings (SSSR count). The van der Waals surface area contributed by atoms with Crippen LogP contribution in [-0.4, -0.2) is 17.4 Å². The predicted octanol–water partition coefficient (Wildman–Crippen LogP) is 1.46. The van der Waals surface area contributed by atoms with Crippen LogP contribution in [0.4, 0.5) is 0 Å². The molecule has 1 heterocycles. The van der Waals surface area contributed by atoms with E-state index < -0.39 is 0 Å². The van der Waals surface area contributed by atoms with Gasteiger partial charge in [-0.2, -0.15) is 0 Å². The molecule has 2 N–H and O–H groups in total. The van der Waals surface area contributed by atoms with Gasteiger partial charge in [-0.05, 0) is 31.2 Å². The Morgan fingerprint density at radius 2 is 2.38 bits per heavy atom. The number of hydrogen-bond acceptors (Lipinski definition) is 1. The van der Waals surface area contributed by atoms with Crippen molar-refractivity contribution in [2.45, 2.75) is 19.8 Å². The topological polar surface area (TPSA) is 44.9 Å². The molecular weight excluding hydrogens is 164 g/mol. The number of H-pyrrole nitrogens is 1. The Bertz CT molecular complexity index is 312. The molecule has 0 bridgehead atoms. The van der Waals surface area contributed by atoms with Gasteiger partial charge in [0.15, 0.2) is 0 Å². The quantitative estimate of drug-likeness (QED) is 0.723. The van der Waals surface area contributed by atoms with Gasteiger partial charge < -0.3 is 10.3 Å². The molecule has 3 heteroatoms. The van der Waals surface area contributed by atoms with E-state index in [1.165, 1.54) is 12.8 Å². The molecule has 0 radical (unpaired) electrons. The monoisotopic (exact) mass is 178 g/mol. The lowest BCUT2D eigenvalue weighted by atomic mass is 10.2. The van der Waals surface area contributed by atoms with Gasteiger partial charge in [-0.3, -0.25) is 4.79 Å². The van der Waals surface area contributed by atoms with Crippen molar-refractivity contribution < 1.29 is 4.79 Å². The van der Waals surface area contributed by atoms with Crippen molar-refractivity contribution in [3.8, 4) is 0 Å². The highest BCUT2D eigenvalue weighted by Crippen LogP contribution is 2.27. The molecule has 0 saturated heterocycles. The van der Waals surface area contributed by atoms with Crippen molar-refractivity contribution >= 4 is 5.91 Å². The highest BCUT2D eigenvalue weighted by Gasteiger charge is 2.22. The van der Waals surface area contributed by atoms with E-state index in [4.69, 9.17) is 0 Å². The third-order valence-electron chi connectivity index (χ3n) is 2.45. The van der Waals surface area contributed by atoms with E-state index in [0.717, 1.165) is 23.6 Å². The Morgan fingerprint density at radius 1 is 1.62 bits per heavy atom.